The van der Waals surface area contributed by atoms with Gasteiger partial charge in [0.2, 0.25) is 0 Å². The van der Waals surface area contributed by atoms with Gasteiger partial charge in [0.15, 0.2) is 11.7 Å². The summed E-state index contributed by atoms with van der Waals surface area (Å²) >= 11 is 0. The van der Waals surface area contributed by atoms with E-state index in [4.69, 9.17) is 15.0 Å². The Morgan fingerprint density at radius 1 is 0.481 bits per heavy atom. The van der Waals surface area contributed by atoms with Crippen LogP contribution >= 0.6 is 0 Å². The zero-order chi connectivity index (χ0) is 35.6. The standard InChI is InChI=1S/C48H32N6/c1-4-16-32(17-5-1)46-50-47(33-18-6-2-7-19-33)52-48(51-46)39-24-14-26-44(49-39)54-40-25-13-12-23-36(40)37-29-38-43(30-42(37)54)53(34-20-8-3-9-21-34)41-28-27-31-15-10-11-22-35(31)45(38)41/h1-30,46H,(H,50,51,52). The van der Waals surface area contributed by atoms with Crippen molar-refractivity contribution in [2.75, 3.05) is 0 Å². The molecule has 0 amide bonds. The van der Waals surface area contributed by atoms with Crippen LogP contribution in [0.3, 0.4) is 0 Å². The number of nitrogens with one attached hydrogen (secondary N) is 1. The Bertz CT molecular complexity index is 3120. The highest BCUT2D eigenvalue weighted by Crippen LogP contribution is 2.41. The monoisotopic (exact) mass is 692 g/mol. The predicted octanol–water partition coefficient (Wildman–Crippen LogP) is 10.9. The molecule has 0 radical (unpaired) electrons. The van der Waals surface area contributed by atoms with E-state index in [9.17, 15) is 0 Å². The van der Waals surface area contributed by atoms with Gasteiger partial charge < -0.3 is 9.88 Å². The van der Waals surface area contributed by atoms with E-state index in [0.29, 0.717) is 11.7 Å². The van der Waals surface area contributed by atoms with E-state index in [1.165, 1.54) is 37.8 Å². The predicted molar refractivity (Wildman–Crippen MR) is 222 cm³/mol. The number of aliphatic imine (C=N–C) groups is 2. The number of aromatic nitrogens is 3. The van der Waals surface area contributed by atoms with Crippen LogP contribution in [0.5, 0.6) is 0 Å². The van der Waals surface area contributed by atoms with Crippen LogP contribution in [0.25, 0.3) is 65.9 Å². The molecule has 0 fully saturated rings. The highest BCUT2D eigenvalue weighted by atomic mass is 15.2. The van der Waals surface area contributed by atoms with Crippen LogP contribution in [-0.4, -0.2) is 25.8 Å². The molecule has 0 spiro atoms. The molecule has 0 saturated carbocycles. The van der Waals surface area contributed by atoms with Gasteiger partial charge in [-0.2, -0.15) is 0 Å². The third-order valence-corrected chi connectivity index (χ3v) is 10.6. The van der Waals surface area contributed by atoms with Crippen LogP contribution in [0.4, 0.5) is 0 Å². The molecule has 1 aliphatic rings. The fourth-order valence-electron chi connectivity index (χ4n) is 8.13. The smallest absolute Gasteiger partial charge is 0.159 e. The number of benzene rings is 7. The molecule has 0 aliphatic carbocycles. The lowest BCUT2D eigenvalue weighted by molar-refractivity contribution is 0.672. The van der Waals surface area contributed by atoms with Gasteiger partial charge in [0.1, 0.15) is 17.7 Å². The Kier molecular flexibility index (Phi) is 6.82. The summed E-state index contributed by atoms with van der Waals surface area (Å²) in [5.41, 5.74) is 8.40. The van der Waals surface area contributed by atoms with E-state index < -0.39 is 0 Å². The van der Waals surface area contributed by atoms with Gasteiger partial charge in [-0.3, -0.25) is 4.57 Å². The summed E-state index contributed by atoms with van der Waals surface area (Å²) in [6.45, 7) is 0. The van der Waals surface area contributed by atoms with Crippen molar-refractivity contribution in [2.24, 2.45) is 9.98 Å². The maximum absolute atomic E-state index is 5.35. The Balaban J connectivity index is 1.15. The van der Waals surface area contributed by atoms with Crippen LogP contribution in [0.2, 0.25) is 0 Å². The average Bonchev–Trinajstić information content (AvgIpc) is 3.76. The molecule has 11 rings (SSSR count). The second kappa shape index (κ2) is 12.1. The van der Waals surface area contributed by atoms with Crippen LogP contribution < -0.4 is 5.32 Å². The lowest BCUT2D eigenvalue weighted by atomic mass is 10.0. The number of pyridine rings is 1. The Morgan fingerprint density at radius 2 is 1.19 bits per heavy atom. The first-order valence-electron chi connectivity index (χ1n) is 18.2. The maximum Gasteiger partial charge on any atom is 0.159 e. The third-order valence-electron chi connectivity index (χ3n) is 10.6. The molecule has 3 aromatic heterocycles. The molecule has 7 aromatic carbocycles. The fraction of sp³-hybridized carbons (Fsp3) is 0.0208. The third kappa shape index (κ3) is 4.77. The van der Waals surface area contributed by atoms with Crippen molar-refractivity contribution in [1.82, 2.24) is 19.4 Å². The van der Waals surface area contributed by atoms with Gasteiger partial charge in [0.25, 0.3) is 0 Å². The number of nitrogens with zero attached hydrogens (tertiary/aromatic N) is 5. The lowest BCUT2D eigenvalue weighted by Crippen LogP contribution is -2.34. The summed E-state index contributed by atoms with van der Waals surface area (Å²) in [5.74, 6) is 2.17. The number of hydrogen-bond acceptors (Lipinski definition) is 4. The maximum atomic E-state index is 5.35. The van der Waals surface area contributed by atoms with Crippen molar-refractivity contribution in [2.45, 2.75) is 6.17 Å². The first-order chi connectivity index (χ1) is 26.8. The molecule has 1 N–H and O–H groups in total. The minimum atomic E-state index is -0.308. The number of hydrogen-bond donors (Lipinski definition) is 1. The van der Waals surface area contributed by atoms with Gasteiger partial charge in [0, 0.05) is 32.8 Å². The summed E-state index contributed by atoms with van der Waals surface area (Å²) < 4.78 is 4.69. The number of fused-ring (bicyclic) bond motifs is 8. The molecule has 54 heavy (non-hydrogen) atoms. The van der Waals surface area contributed by atoms with E-state index in [1.807, 2.05) is 54.6 Å². The molecule has 6 heteroatoms. The molecule has 254 valence electrons. The normalized spacial score (nSPS) is 14.5. The molecular weight excluding hydrogens is 661 g/mol. The zero-order valence-electron chi connectivity index (χ0n) is 29.1. The second-order valence-corrected chi connectivity index (χ2v) is 13.7. The topological polar surface area (TPSA) is 59.5 Å². The van der Waals surface area contributed by atoms with Gasteiger partial charge >= 0.3 is 0 Å². The van der Waals surface area contributed by atoms with Crippen LogP contribution in [0.15, 0.2) is 192 Å². The van der Waals surface area contributed by atoms with E-state index in [0.717, 1.165) is 44.9 Å². The van der Waals surface area contributed by atoms with E-state index in [-0.39, 0.29) is 6.17 Å². The SMILES string of the molecule is c1ccc(C2=NC(c3ccccc3)NC(c3cccc(-n4c5ccccc5c5cc6c7c8ccccc8ccc7n(-c7ccccc7)c6cc54)n3)=N2)cc1. The molecule has 4 heterocycles. The number of rotatable bonds is 5. The molecule has 1 atom stereocenters. The highest BCUT2D eigenvalue weighted by molar-refractivity contribution is 6.25. The van der Waals surface area contributed by atoms with Crippen molar-refractivity contribution in [1.29, 1.82) is 0 Å². The molecule has 6 nitrogen and oxygen atoms in total. The average molecular weight is 693 g/mol. The summed E-state index contributed by atoms with van der Waals surface area (Å²) in [5, 5.41) is 10.9. The number of para-hydroxylation sites is 2. The van der Waals surface area contributed by atoms with E-state index >= 15 is 0 Å². The minimum absolute atomic E-state index is 0.308. The molecule has 1 unspecified atom stereocenters. The lowest BCUT2D eigenvalue weighted by Gasteiger charge is -2.23. The van der Waals surface area contributed by atoms with Gasteiger partial charge in [-0.1, -0.05) is 133 Å². The zero-order valence-corrected chi connectivity index (χ0v) is 29.1. The van der Waals surface area contributed by atoms with E-state index in [1.54, 1.807) is 0 Å². The minimum Gasteiger partial charge on any atom is -0.343 e. The largest absolute Gasteiger partial charge is 0.343 e. The van der Waals surface area contributed by atoms with Crippen molar-refractivity contribution in [3.05, 3.63) is 199 Å². The molecule has 0 bridgehead atoms. The van der Waals surface area contributed by atoms with Crippen molar-refractivity contribution in [3.63, 3.8) is 0 Å². The number of amidine groups is 2. The quantitative estimate of drug-likeness (QED) is 0.195. The Morgan fingerprint density at radius 3 is 2.02 bits per heavy atom. The molecule has 1 aliphatic heterocycles. The van der Waals surface area contributed by atoms with Gasteiger partial charge in [0.05, 0.1) is 22.1 Å². The van der Waals surface area contributed by atoms with Gasteiger partial charge in [-0.05, 0) is 64.9 Å². The van der Waals surface area contributed by atoms with Crippen molar-refractivity contribution < 1.29 is 0 Å². The van der Waals surface area contributed by atoms with Crippen molar-refractivity contribution >= 4 is 66.1 Å². The summed E-state index contributed by atoms with van der Waals surface area (Å²) in [6, 6.07) is 63.8. The van der Waals surface area contributed by atoms with Crippen LogP contribution in [0.1, 0.15) is 23.0 Å². The molecular formula is C48H32N6. The second-order valence-electron chi connectivity index (χ2n) is 13.7. The highest BCUT2D eigenvalue weighted by Gasteiger charge is 2.24. The Labute approximate surface area is 311 Å². The van der Waals surface area contributed by atoms with E-state index in [2.05, 4.69) is 142 Å². The Hall–Kier alpha value is -7.31. The first kappa shape index (κ1) is 30.3. The summed E-state index contributed by atoms with van der Waals surface area (Å²) in [7, 11) is 0. The molecule has 10 aromatic rings. The van der Waals surface area contributed by atoms with Crippen LogP contribution in [-0.2, 0) is 0 Å². The van der Waals surface area contributed by atoms with Crippen molar-refractivity contribution in [3.8, 4) is 11.5 Å². The van der Waals surface area contributed by atoms with Gasteiger partial charge in [-0.25, -0.2) is 15.0 Å². The molecule has 0 saturated heterocycles. The fourth-order valence-corrected chi connectivity index (χ4v) is 8.13. The van der Waals surface area contributed by atoms with Crippen LogP contribution in [0, 0.1) is 0 Å². The van der Waals surface area contributed by atoms with Gasteiger partial charge in [-0.15, -0.1) is 0 Å². The summed E-state index contributed by atoms with van der Waals surface area (Å²) in [4.78, 5) is 15.4. The first-order valence-corrected chi connectivity index (χ1v) is 18.2. The summed E-state index contributed by atoms with van der Waals surface area (Å²) in [6.07, 6.45) is -0.308.